The molecule has 0 saturated heterocycles. The van der Waals surface area contributed by atoms with Crippen molar-refractivity contribution in [3.8, 4) is 28.6 Å². The zero-order valence-electron chi connectivity index (χ0n) is 28.0. The van der Waals surface area contributed by atoms with Crippen molar-refractivity contribution in [1.82, 2.24) is 30.1 Å². The van der Waals surface area contributed by atoms with Gasteiger partial charge in [-0.05, 0) is 83.3 Å². The number of ether oxygens (including phenoxy) is 2. The number of carbonyl (C=O) groups is 1. The number of para-hydroxylation sites is 2. The van der Waals surface area contributed by atoms with E-state index in [0.717, 1.165) is 38.2 Å². The Morgan fingerprint density at radius 3 is 2.57 bits per heavy atom. The molecule has 0 saturated carbocycles. The van der Waals surface area contributed by atoms with Gasteiger partial charge in [0, 0.05) is 38.1 Å². The molecule has 51 heavy (non-hydrogen) atoms. The number of amides is 1. The highest BCUT2D eigenvalue weighted by atomic mass is 16.5. The largest absolute Gasteiger partial charge is 0.493 e. The highest BCUT2D eigenvalue weighted by molar-refractivity contribution is 6.13. The lowest BCUT2D eigenvalue weighted by atomic mass is 10.0. The van der Waals surface area contributed by atoms with E-state index in [9.17, 15) is 9.59 Å². The van der Waals surface area contributed by atoms with Crippen LogP contribution in [0.4, 0.5) is 5.69 Å². The van der Waals surface area contributed by atoms with Crippen molar-refractivity contribution >= 4 is 33.5 Å². The number of methoxy groups -OCH3 is 2. The minimum absolute atomic E-state index is 0.187. The molecule has 3 aromatic heterocycles. The summed E-state index contributed by atoms with van der Waals surface area (Å²) in [6.45, 7) is 2.92. The van der Waals surface area contributed by atoms with Crippen LogP contribution in [0.1, 0.15) is 27.0 Å². The van der Waals surface area contributed by atoms with Gasteiger partial charge in [-0.3, -0.25) is 19.5 Å². The Bertz CT molecular complexity index is 2470. The topological polar surface area (TPSA) is 137 Å². The normalized spacial score (nSPS) is 12.9. The molecule has 0 aliphatic carbocycles. The third-order valence-corrected chi connectivity index (χ3v) is 9.25. The lowest BCUT2D eigenvalue weighted by Crippen LogP contribution is -2.32. The predicted molar refractivity (Wildman–Crippen MR) is 193 cm³/mol. The summed E-state index contributed by atoms with van der Waals surface area (Å²) in [5, 5.41) is 17.0. The van der Waals surface area contributed by atoms with Crippen molar-refractivity contribution in [2.75, 3.05) is 32.6 Å². The standard InChI is InChI=1S/C39H33N7O5/c1-49-34-20-31(32(21-35(34)50-2)41-39(48)30-8-5-7-29-36(47)28-6-3-4-9-33(28)51-37(29)30)38-42-44-46(43-38)27-12-10-24(11-13-27)15-18-45-19-16-25-22-40-17-14-26(25)23-45/h3-14,17,20-22H,15-16,18-19,23H2,1-2H3,(H,41,48). The van der Waals surface area contributed by atoms with Gasteiger partial charge in [0.05, 0.1) is 47.5 Å². The summed E-state index contributed by atoms with van der Waals surface area (Å²) in [4.78, 5) is 35.3. The maximum Gasteiger partial charge on any atom is 0.259 e. The molecule has 0 fully saturated rings. The summed E-state index contributed by atoms with van der Waals surface area (Å²) in [5.74, 6) is 0.566. The van der Waals surface area contributed by atoms with Crippen molar-refractivity contribution in [1.29, 1.82) is 0 Å². The highest BCUT2D eigenvalue weighted by Gasteiger charge is 2.22. The van der Waals surface area contributed by atoms with Crippen LogP contribution in [0.3, 0.4) is 0 Å². The predicted octanol–water partition coefficient (Wildman–Crippen LogP) is 5.85. The number of carbonyl (C=O) groups excluding carboxylic acids is 1. The van der Waals surface area contributed by atoms with E-state index in [1.54, 1.807) is 54.6 Å². The first-order valence-corrected chi connectivity index (χ1v) is 16.5. The zero-order chi connectivity index (χ0) is 34.9. The third-order valence-electron chi connectivity index (χ3n) is 9.25. The average Bonchev–Trinajstić information content (AvgIpc) is 3.67. The van der Waals surface area contributed by atoms with Crippen LogP contribution in [0.5, 0.6) is 11.5 Å². The minimum Gasteiger partial charge on any atom is -0.493 e. The molecule has 254 valence electrons. The van der Waals surface area contributed by atoms with Gasteiger partial charge >= 0.3 is 0 Å². The van der Waals surface area contributed by atoms with Crippen LogP contribution >= 0.6 is 0 Å². The number of hydrogen-bond acceptors (Lipinski definition) is 10. The first-order valence-electron chi connectivity index (χ1n) is 16.5. The van der Waals surface area contributed by atoms with E-state index >= 15 is 0 Å². The SMILES string of the molecule is COc1cc(NC(=O)c2cccc3c(=O)c4ccccc4oc23)c(-c2nnn(-c3ccc(CCN4CCc5cnccc5C4)cc3)n2)cc1OC. The molecule has 1 aliphatic heterocycles. The van der Waals surface area contributed by atoms with Crippen molar-refractivity contribution < 1.29 is 18.7 Å². The van der Waals surface area contributed by atoms with Crippen LogP contribution in [0, 0.1) is 0 Å². The second-order valence-electron chi connectivity index (χ2n) is 12.3. The Kier molecular flexibility index (Phi) is 8.42. The number of tetrazole rings is 1. The first-order chi connectivity index (χ1) is 25.0. The van der Waals surface area contributed by atoms with Crippen LogP contribution in [-0.2, 0) is 19.4 Å². The summed E-state index contributed by atoms with van der Waals surface area (Å²) < 4.78 is 17.2. The van der Waals surface area contributed by atoms with Gasteiger partial charge in [0.1, 0.15) is 5.58 Å². The van der Waals surface area contributed by atoms with Crippen LogP contribution in [0.2, 0.25) is 0 Å². The molecule has 0 radical (unpaired) electrons. The average molecular weight is 680 g/mol. The number of aromatic nitrogens is 5. The van der Waals surface area contributed by atoms with E-state index in [1.165, 1.54) is 35.7 Å². The fourth-order valence-corrected chi connectivity index (χ4v) is 6.50. The maximum absolute atomic E-state index is 13.9. The van der Waals surface area contributed by atoms with E-state index in [2.05, 4.69) is 48.8 Å². The fraction of sp³-hybridized carbons (Fsp3) is 0.179. The Morgan fingerprint density at radius 2 is 1.73 bits per heavy atom. The van der Waals surface area contributed by atoms with E-state index in [4.69, 9.17) is 13.9 Å². The number of nitrogens with zero attached hydrogens (tertiary/aromatic N) is 6. The van der Waals surface area contributed by atoms with Gasteiger partial charge in [-0.2, -0.15) is 0 Å². The molecule has 0 unspecified atom stereocenters. The van der Waals surface area contributed by atoms with Crippen LogP contribution in [-0.4, -0.2) is 63.3 Å². The van der Waals surface area contributed by atoms with Gasteiger partial charge in [0.2, 0.25) is 11.3 Å². The van der Waals surface area contributed by atoms with Gasteiger partial charge in [-0.25, -0.2) is 0 Å². The maximum atomic E-state index is 13.9. The molecule has 0 bridgehead atoms. The summed E-state index contributed by atoms with van der Waals surface area (Å²) in [5.41, 5.74) is 6.00. The molecule has 4 heterocycles. The van der Waals surface area contributed by atoms with Crippen LogP contribution in [0.15, 0.2) is 107 Å². The fourth-order valence-electron chi connectivity index (χ4n) is 6.50. The van der Waals surface area contributed by atoms with E-state index in [0.29, 0.717) is 39.1 Å². The molecule has 8 rings (SSSR count). The lowest BCUT2D eigenvalue weighted by molar-refractivity contribution is 0.102. The molecule has 12 nitrogen and oxygen atoms in total. The molecular formula is C39H33N7O5. The number of benzene rings is 4. The lowest BCUT2D eigenvalue weighted by Gasteiger charge is -2.28. The molecule has 1 aliphatic rings. The van der Waals surface area contributed by atoms with Crippen molar-refractivity contribution in [2.24, 2.45) is 0 Å². The van der Waals surface area contributed by atoms with Crippen LogP contribution < -0.4 is 20.2 Å². The molecule has 1 amide bonds. The second kappa shape index (κ2) is 13.5. The van der Waals surface area contributed by atoms with Gasteiger partial charge in [-0.15, -0.1) is 15.0 Å². The number of hydrogen-bond donors (Lipinski definition) is 1. The van der Waals surface area contributed by atoms with Gasteiger partial charge in [0.15, 0.2) is 17.1 Å². The number of anilines is 1. The van der Waals surface area contributed by atoms with Crippen molar-refractivity contribution in [2.45, 2.75) is 19.4 Å². The van der Waals surface area contributed by atoms with E-state index < -0.39 is 5.91 Å². The Morgan fingerprint density at radius 1 is 0.922 bits per heavy atom. The Hall–Kier alpha value is -6.40. The molecule has 4 aromatic carbocycles. The monoisotopic (exact) mass is 679 g/mol. The minimum atomic E-state index is -0.499. The van der Waals surface area contributed by atoms with Gasteiger partial charge in [0.25, 0.3) is 5.91 Å². The summed E-state index contributed by atoms with van der Waals surface area (Å²) in [6.07, 6.45) is 5.78. The molecule has 12 heteroatoms. The van der Waals surface area contributed by atoms with Gasteiger partial charge in [-0.1, -0.05) is 30.3 Å². The number of nitrogens with one attached hydrogen (secondary N) is 1. The number of pyridine rings is 1. The third kappa shape index (κ3) is 6.17. The van der Waals surface area contributed by atoms with Crippen molar-refractivity contribution in [3.63, 3.8) is 0 Å². The first kappa shape index (κ1) is 31.8. The van der Waals surface area contributed by atoms with Gasteiger partial charge < -0.3 is 19.2 Å². The van der Waals surface area contributed by atoms with Crippen molar-refractivity contribution in [3.05, 3.63) is 130 Å². The molecule has 0 atom stereocenters. The summed E-state index contributed by atoms with van der Waals surface area (Å²) in [7, 11) is 3.03. The second-order valence-corrected chi connectivity index (χ2v) is 12.3. The summed E-state index contributed by atoms with van der Waals surface area (Å²) >= 11 is 0. The molecule has 0 spiro atoms. The molecule has 7 aromatic rings. The quantitative estimate of drug-likeness (QED) is 0.185. The molecular weight excluding hydrogens is 646 g/mol. The highest BCUT2D eigenvalue weighted by Crippen LogP contribution is 2.38. The number of rotatable bonds is 9. The van der Waals surface area contributed by atoms with E-state index in [1.807, 2.05) is 24.5 Å². The molecule has 1 N–H and O–H groups in total. The summed E-state index contributed by atoms with van der Waals surface area (Å²) in [6, 6.07) is 25.4. The van der Waals surface area contributed by atoms with Crippen LogP contribution in [0.25, 0.3) is 39.0 Å². The number of fused-ring (bicyclic) bond motifs is 3. The Labute approximate surface area is 292 Å². The zero-order valence-corrected chi connectivity index (χ0v) is 28.0. The Balaban J connectivity index is 1.05. The smallest absolute Gasteiger partial charge is 0.259 e. The van der Waals surface area contributed by atoms with E-state index in [-0.39, 0.29) is 22.4 Å².